The van der Waals surface area contributed by atoms with Crippen LogP contribution in [0.3, 0.4) is 0 Å². The van der Waals surface area contributed by atoms with Gasteiger partial charge >= 0.3 is 0 Å². The molecule has 0 amide bonds. The second-order valence-corrected chi connectivity index (χ2v) is 4.84. The summed E-state index contributed by atoms with van der Waals surface area (Å²) < 4.78 is 13.0. The van der Waals surface area contributed by atoms with E-state index in [0.29, 0.717) is 0 Å². The predicted molar refractivity (Wildman–Crippen MR) is 74.4 cm³/mol. The van der Waals surface area contributed by atoms with E-state index < -0.39 is 0 Å². The van der Waals surface area contributed by atoms with Crippen LogP contribution in [0.1, 0.15) is 12.6 Å². The van der Waals surface area contributed by atoms with E-state index in [9.17, 15) is 4.39 Å². The van der Waals surface area contributed by atoms with Crippen molar-refractivity contribution in [3.63, 3.8) is 0 Å². The molecule has 18 heavy (non-hydrogen) atoms. The quantitative estimate of drug-likeness (QED) is 0.826. The third-order valence-corrected chi connectivity index (χ3v) is 3.37. The average Bonchev–Trinajstić information content (AvgIpc) is 2.37. The summed E-state index contributed by atoms with van der Waals surface area (Å²) in [5.74, 6) is 1.42. The molecule has 0 fully saturated rings. The van der Waals surface area contributed by atoms with E-state index in [4.69, 9.17) is 0 Å². The van der Waals surface area contributed by atoms with Crippen LogP contribution in [0, 0.1) is 5.82 Å². The molecule has 2 aromatic rings. The first-order valence-electron chi connectivity index (χ1n) is 5.86. The van der Waals surface area contributed by atoms with Crippen LogP contribution in [0.15, 0.2) is 47.4 Å². The first kappa shape index (κ1) is 12.9. The first-order valence-corrected chi connectivity index (χ1v) is 6.84. The van der Waals surface area contributed by atoms with Gasteiger partial charge in [0.05, 0.1) is 5.69 Å². The largest absolute Gasteiger partial charge is 0.370 e. The smallest absolute Gasteiger partial charge is 0.126 e. The van der Waals surface area contributed by atoms with Crippen LogP contribution in [-0.2, 0) is 5.75 Å². The Morgan fingerprint density at radius 3 is 2.83 bits per heavy atom. The maximum atomic E-state index is 13.0. The van der Waals surface area contributed by atoms with Gasteiger partial charge in [0.15, 0.2) is 0 Å². The number of thioether (sulfide) groups is 1. The summed E-state index contributed by atoms with van der Waals surface area (Å²) in [5.41, 5.74) is 0.989. The van der Waals surface area contributed by atoms with Gasteiger partial charge < -0.3 is 5.32 Å². The molecular formula is C14H15FN2S. The lowest BCUT2D eigenvalue weighted by Gasteiger charge is -2.05. The standard InChI is InChI=1S/C14H15FN2S/c1-2-16-14-8-4-6-12(17-14)10-18-13-7-3-5-11(15)9-13/h3-9H,2,10H2,1H3,(H,16,17). The molecule has 4 heteroatoms. The third kappa shape index (κ3) is 3.74. The van der Waals surface area contributed by atoms with Crippen LogP contribution in [0.5, 0.6) is 0 Å². The zero-order valence-corrected chi connectivity index (χ0v) is 11.0. The molecule has 0 aliphatic carbocycles. The third-order valence-electron chi connectivity index (χ3n) is 2.35. The SMILES string of the molecule is CCNc1cccc(CSc2cccc(F)c2)n1. The molecule has 0 bridgehead atoms. The second-order valence-electron chi connectivity index (χ2n) is 3.79. The Morgan fingerprint density at radius 2 is 2.06 bits per heavy atom. The zero-order chi connectivity index (χ0) is 12.8. The second kappa shape index (κ2) is 6.40. The van der Waals surface area contributed by atoms with Crippen molar-refractivity contribution in [1.82, 2.24) is 4.98 Å². The van der Waals surface area contributed by atoms with E-state index in [-0.39, 0.29) is 5.82 Å². The van der Waals surface area contributed by atoms with Gasteiger partial charge in [-0.25, -0.2) is 9.37 Å². The van der Waals surface area contributed by atoms with E-state index in [1.54, 1.807) is 23.9 Å². The fourth-order valence-electron chi connectivity index (χ4n) is 1.55. The van der Waals surface area contributed by atoms with Gasteiger partial charge in [-0.15, -0.1) is 11.8 Å². The van der Waals surface area contributed by atoms with Gasteiger partial charge in [-0.05, 0) is 37.3 Å². The van der Waals surface area contributed by atoms with E-state index in [2.05, 4.69) is 10.3 Å². The van der Waals surface area contributed by atoms with Crippen molar-refractivity contribution < 1.29 is 4.39 Å². The molecule has 2 nitrogen and oxygen atoms in total. The van der Waals surface area contributed by atoms with Crippen LogP contribution < -0.4 is 5.32 Å². The van der Waals surface area contributed by atoms with Crippen molar-refractivity contribution in [3.8, 4) is 0 Å². The van der Waals surface area contributed by atoms with Crippen molar-refractivity contribution in [2.45, 2.75) is 17.6 Å². The normalized spacial score (nSPS) is 10.3. The number of benzene rings is 1. The molecule has 1 N–H and O–H groups in total. The maximum absolute atomic E-state index is 13.0. The number of anilines is 1. The Labute approximate surface area is 111 Å². The molecule has 1 aromatic carbocycles. The Balaban J connectivity index is 1.99. The minimum atomic E-state index is -0.200. The molecular weight excluding hydrogens is 247 g/mol. The van der Waals surface area contributed by atoms with E-state index in [0.717, 1.165) is 28.7 Å². The maximum Gasteiger partial charge on any atom is 0.126 e. The molecule has 0 unspecified atom stereocenters. The van der Waals surface area contributed by atoms with E-state index in [1.807, 2.05) is 31.2 Å². The minimum absolute atomic E-state index is 0.200. The summed E-state index contributed by atoms with van der Waals surface area (Å²) >= 11 is 1.58. The average molecular weight is 262 g/mol. The molecule has 0 aliphatic rings. The van der Waals surface area contributed by atoms with E-state index in [1.165, 1.54) is 6.07 Å². The number of aromatic nitrogens is 1. The van der Waals surface area contributed by atoms with Crippen molar-refractivity contribution in [1.29, 1.82) is 0 Å². The highest BCUT2D eigenvalue weighted by atomic mass is 32.2. The summed E-state index contributed by atoms with van der Waals surface area (Å²) in [4.78, 5) is 5.40. The highest BCUT2D eigenvalue weighted by Crippen LogP contribution is 2.22. The molecule has 94 valence electrons. The number of nitrogens with zero attached hydrogens (tertiary/aromatic N) is 1. The summed E-state index contributed by atoms with van der Waals surface area (Å²) in [6.45, 7) is 2.89. The van der Waals surface area contributed by atoms with Gasteiger partial charge in [0.2, 0.25) is 0 Å². The number of nitrogens with one attached hydrogen (secondary N) is 1. The van der Waals surface area contributed by atoms with Crippen LogP contribution in [0.4, 0.5) is 10.2 Å². The fraction of sp³-hybridized carbons (Fsp3) is 0.214. The molecule has 1 aromatic heterocycles. The predicted octanol–water partition coefficient (Wildman–Crippen LogP) is 3.94. The molecule has 0 atom stereocenters. The van der Waals surface area contributed by atoms with Crippen molar-refractivity contribution >= 4 is 17.6 Å². The molecule has 0 aliphatic heterocycles. The van der Waals surface area contributed by atoms with Crippen LogP contribution in [0.2, 0.25) is 0 Å². The fourth-order valence-corrected chi connectivity index (χ4v) is 2.40. The van der Waals surface area contributed by atoms with Gasteiger partial charge in [-0.3, -0.25) is 0 Å². The number of halogens is 1. The molecule has 1 heterocycles. The highest BCUT2D eigenvalue weighted by Gasteiger charge is 2.00. The summed E-state index contributed by atoms with van der Waals surface area (Å²) in [6, 6.07) is 12.5. The minimum Gasteiger partial charge on any atom is -0.370 e. The number of hydrogen-bond acceptors (Lipinski definition) is 3. The Bertz CT molecular complexity index is 517. The number of pyridine rings is 1. The number of rotatable bonds is 5. The highest BCUT2D eigenvalue weighted by molar-refractivity contribution is 7.98. The van der Waals surface area contributed by atoms with Crippen molar-refractivity contribution in [2.75, 3.05) is 11.9 Å². The van der Waals surface area contributed by atoms with Gasteiger partial charge in [-0.1, -0.05) is 12.1 Å². The van der Waals surface area contributed by atoms with Gasteiger partial charge in [0.25, 0.3) is 0 Å². The van der Waals surface area contributed by atoms with Crippen molar-refractivity contribution in [3.05, 3.63) is 54.0 Å². The zero-order valence-electron chi connectivity index (χ0n) is 10.2. The first-order chi connectivity index (χ1) is 8.78. The lowest BCUT2D eigenvalue weighted by atomic mass is 10.3. The lowest BCUT2D eigenvalue weighted by Crippen LogP contribution is -2.00. The topological polar surface area (TPSA) is 24.9 Å². The Kier molecular flexibility index (Phi) is 4.59. The molecule has 0 spiro atoms. The number of hydrogen-bond donors (Lipinski definition) is 1. The van der Waals surface area contributed by atoms with E-state index >= 15 is 0 Å². The summed E-state index contributed by atoms with van der Waals surface area (Å²) in [6.07, 6.45) is 0. The monoisotopic (exact) mass is 262 g/mol. The van der Waals surface area contributed by atoms with Crippen LogP contribution in [0.25, 0.3) is 0 Å². The van der Waals surface area contributed by atoms with Crippen molar-refractivity contribution in [2.24, 2.45) is 0 Å². The van der Waals surface area contributed by atoms with Crippen LogP contribution >= 0.6 is 11.8 Å². The Hall–Kier alpha value is -1.55. The van der Waals surface area contributed by atoms with Gasteiger partial charge in [0.1, 0.15) is 11.6 Å². The molecule has 2 rings (SSSR count). The Morgan fingerprint density at radius 1 is 1.22 bits per heavy atom. The lowest BCUT2D eigenvalue weighted by molar-refractivity contribution is 0.624. The molecule has 0 radical (unpaired) electrons. The van der Waals surface area contributed by atoms with Crippen LogP contribution in [-0.4, -0.2) is 11.5 Å². The van der Waals surface area contributed by atoms with Gasteiger partial charge in [0, 0.05) is 17.2 Å². The summed E-state index contributed by atoms with van der Waals surface area (Å²) in [7, 11) is 0. The molecule has 0 saturated heterocycles. The summed E-state index contributed by atoms with van der Waals surface area (Å²) in [5, 5.41) is 3.17. The molecule has 0 saturated carbocycles. The van der Waals surface area contributed by atoms with Gasteiger partial charge in [-0.2, -0.15) is 0 Å².